The number of nitrogens with zero attached hydrogens (tertiary/aromatic N) is 2. The number of rotatable bonds is 4. The Bertz CT molecular complexity index is 507. The molecule has 0 N–H and O–H groups in total. The second-order valence-electron chi connectivity index (χ2n) is 5.00. The average molecular weight is 272 g/mol. The van der Waals surface area contributed by atoms with Gasteiger partial charge in [-0.1, -0.05) is 24.6 Å². The highest BCUT2D eigenvalue weighted by Gasteiger charge is 2.30. The summed E-state index contributed by atoms with van der Waals surface area (Å²) in [5.41, 5.74) is 1.66. The second kappa shape index (κ2) is 7.06. The van der Waals surface area contributed by atoms with Gasteiger partial charge in [0, 0.05) is 6.54 Å². The molecule has 0 aliphatic carbocycles. The maximum atomic E-state index is 12.0. The Kier molecular flexibility index (Phi) is 5.14. The van der Waals surface area contributed by atoms with Crippen LogP contribution in [0.3, 0.4) is 0 Å². The van der Waals surface area contributed by atoms with Gasteiger partial charge < -0.3 is 4.74 Å². The highest BCUT2D eigenvalue weighted by atomic mass is 16.5. The third-order valence-corrected chi connectivity index (χ3v) is 3.68. The van der Waals surface area contributed by atoms with Gasteiger partial charge in [-0.3, -0.25) is 9.69 Å². The summed E-state index contributed by atoms with van der Waals surface area (Å²) >= 11 is 0. The molecule has 1 heterocycles. The van der Waals surface area contributed by atoms with Crippen LogP contribution in [0.5, 0.6) is 0 Å². The number of likely N-dealkylation sites (tertiary alicyclic amines) is 1. The van der Waals surface area contributed by atoms with Crippen molar-refractivity contribution in [2.75, 3.05) is 13.2 Å². The number of hydrogen-bond acceptors (Lipinski definition) is 4. The van der Waals surface area contributed by atoms with Gasteiger partial charge >= 0.3 is 5.97 Å². The van der Waals surface area contributed by atoms with Crippen molar-refractivity contribution in [3.05, 3.63) is 35.4 Å². The minimum atomic E-state index is -0.171. The van der Waals surface area contributed by atoms with Crippen molar-refractivity contribution in [2.24, 2.45) is 0 Å². The molecular formula is C16H20N2O2. The van der Waals surface area contributed by atoms with Crippen LogP contribution in [0.25, 0.3) is 0 Å². The lowest BCUT2D eigenvalue weighted by Crippen LogP contribution is -2.45. The van der Waals surface area contributed by atoms with Gasteiger partial charge in [0.1, 0.15) is 6.04 Å². The van der Waals surface area contributed by atoms with E-state index in [0.29, 0.717) is 18.7 Å². The molecule has 4 heteroatoms. The zero-order valence-electron chi connectivity index (χ0n) is 11.8. The molecule has 2 rings (SSSR count). The van der Waals surface area contributed by atoms with Crippen molar-refractivity contribution in [1.82, 2.24) is 4.90 Å². The quantitative estimate of drug-likeness (QED) is 0.790. The molecule has 1 aromatic carbocycles. The van der Waals surface area contributed by atoms with Crippen LogP contribution in [0, 0.1) is 11.3 Å². The highest BCUT2D eigenvalue weighted by molar-refractivity contribution is 5.75. The molecule has 1 unspecified atom stereocenters. The zero-order chi connectivity index (χ0) is 14.4. The molecule has 1 atom stereocenters. The number of carbonyl (C=O) groups is 1. The molecule has 1 fully saturated rings. The molecule has 1 aromatic rings. The lowest BCUT2D eigenvalue weighted by Gasteiger charge is -2.34. The molecule has 0 amide bonds. The zero-order valence-corrected chi connectivity index (χ0v) is 11.8. The first-order valence-corrected chi connectivity index (χ1v) is 7.15. The Balaban J connectivity index is 2.13. The average Bonchev–Trinajstić information content (AvgIpc) is 2.48. The number of nitriles is 1. The van der Waals surface area contributed by atoms with E-state index in [4.69, 9.17) is 10.00 Å². The molecule has 0 spiro atoms. The normalized spacial score (nSPS) is 19.3. The van der Waals surface area contributed by atoms with E-state index in [-0.39, 0.29) is 12.0 Å². The number of hydrogen-bond donors (Lipinski definition) is 0. The second-order valence-corrected chi connectivity index (χ2v) is 5.00. The molecule has 106 valence electrons. The monoisotopic (exact) mass is 272 g/mol. The topological polar surface area (TPSA) is 53.3 Å². The van der Waals surface area contributed by atoms with Gasteiger partial charge in [-0.25, -0.2) is 0 Å². The predicted molar refractivity (Wildman–Crippen MR) is 75.8 cm³/mol. The molecule has 0 saturated carbocycles. The van der Waals surface area contributed by atoms with Crippen LogP contribution in [0.15, 0.2) is 24.3 Å². The summed E-state index contributed by atoms with van der Waals surface area (Å²) in [6.07, 6.45) is 2.98. The van der Waals surface area contributed by atoms with Crippen LogP contribution in [0.2, 0.25) is 0 Å². The Morgan fingerprint density at radius 3 is 3.00 bits per heavy atom. The van der Waals surface area contributed by atoms with Crippen LogP contribution in [-0.4, -0.2) is 30.1 Å². The molecule has 0 bridgehead atoms. The first-order valence-electron chi connectivity index (χ1n) is 7.15. The van der Waals surface area contributed by atoms with E-state index in [1.165, 1.54) is 0 Å². The number of carbonyl (C=O) groups excluding carboxylic acids is 1. The van der Waals surface area contributed by atoms with E-state index < -0.39 is 0 Å². The Labute approximate surface area is 120 Å². The van der Waals surface area contributed by atoms with E-state index in [9.17, 15) is 4.79 Å². The van der Waals surface area contributed by atoms with Crippen molar-refractivity contribution in [1.29, 1.82) is 5.26 Å². The van der Waals surface area contributed by atoms with Crippen LogP contribution >= 0.6 is 0 Å². The molecule has 0 radical (unpaired) electrons. The third kappa shape index (κ3) is 3.37. The summed E-state index contributed by atoms with van der Waals surface area (Å²) in [4.78, 5) is 14.2. The first-order chi connectivity index (χ1) is 9.76. The van der Waals surface area contributed by atoms with Crippen molar-refractivity contribution in [2.45, 2.75) is 38.8 Å². The third-order valence-electron chi connectivity index (χ3n) is 3.68. The summed E-state index contributed by atoms with van der Waals surface area (Å²) in [5, 5.41) is 9.15. The van der Waals surface area contributed by atoms with Gasteiger partial charge in [-0.2, -0.15) is 5.26 Å². The predicted octanol–water partition coefficient (Wildman–Crippen LogP) is 2.48. The number of ether oxygens (including phenoxy) is 1. The molecular weight excluding hydrogens is 252 g/mol. The number of piperidine rings is 1. The Hall–Kier alpha value is -1.86. The molecule has 4 nitrogen and oxygen atoms in total. The van der Waals surface area contributed by atoms with Gasteiger partial charge in [0.15, 0.2) is 0 Å². The minimum absolute atomic E-state index is 0.137. The standard InChI is InChI=1S/C16H20N2O2/c1-2-20-16(19)15-9-5-6-10-18(15)12-14-8-4-3-7-13(14)11-17/h3-4,7-8,15H,2,5-6,9-10,12H2,1H3. The summed E-state index contributed by atoms with van der Waals surface area (Å²) in [6, 6.07) is 9.60. The van der Waals surface area contributed by atoms with Gasteiger partial charge in [0.05, 0.1) is 18.2 Å². The van der Waals surface area contributed by atoms with E-state index in [1.807, 2.05) is 31.2 Å². The van der Waals surface area contributed by atoms with Crippen molar-refractivity contribution >= 4 is 5.97 Å². The van der Waals surface area contributed by atoms with Crippen LogP contribution in [-0.2, 0) is 16.1 Å². The van der Waals surface area contributed by atoms with E-state index in [2.05, 4.69) is 11.0 Å². The minimum Gasteiger partial charge on any atom is -0.465 e. The van der Waals surface area contributed by atoms with E-state index >= 15 is 0 Å². The fourth-order valence-corrected chi connectivity index (χ4v) is 2.67. The molecule has 1 aliphatic heterocycles. The Morgan fingerprint density at radius 1 is 1.45 bits per heavy atom. The molecule has 20 heavy (non-hydrogen) atoms. The first kappa shape index (κ1) is 14.5. The van der Waals surface area contributed by atoms with E-state index in [1.54, 1.807) is 0 Å². The fourth-order valence-electron chi connectivity index (χ4n) is 2.67. The van der Waals surface area contributed by atoms with Crippen molar-refractivity contribution in [3.8, 4) is 6.07 Å². The van der Waals surface area contributed by atoms with Crippen molar-refractivity contribution in [3.63, 3.8) is 0 Å². The van der Waals surface area contributed by atoms with Gasteiger partial charge in [-0.15, -0.1) is 0 Å². The van der Waals surface area contributed by atoms with Gasteiger partial charge in [0.2, 0.25) is 0 Å². The maximum Gasteiger partial charge on any atom is 0.323 e. The number of benzene rings is 1. The summed E-state index contributed by atoms with van der Waals surface area (Å²) < 4.78 is 5.16. The molecule has 1 saturated heterocycles. The SMILES string of the molecule is CCOC(=O)C1CCCCN1Cc1ccccc1C#N. The maximum absolute atomic E-state index is 12.0. The summed E-state index contributed by atoms with van der Waals surface area (Å²) in [5.74, 6) is -0.137. The fraction of sp³-hybridized carbons (Fsp3) is 0.500. The molecule has 1 aliphatic rings. The summed E-state index contributed by atoms with van der Waals surface area (Å²) in [6.45, 7) is 3.75. The summed E-state index contributed by atoms with van der Waals surface area (Å²) in [7, 11) is 0. The number of esters is 1. The van der Waals surface area contributed by atoms with Crippen molar-refractivity contribution < 1.29 is 9.53 Å². The van der Waals surface area contributed by atoms with Crippen LogP contribution in [0.4, 0.5) is 0 Å². The smallest absolute Gasteiger partial charge is 0.323 e. The van der Waals surface area contributed by atoms with Crippen LogP contribution in [0.1, 0.15) is 37.3 Å². The van der Waals surface area contributed by atoms with Gasteiger partial charge in [0.25, 0.3) is 0 Å². The van der Waals surface area contributed by atoms with Crippen LogP contribution < -0.4 is 0 Å². The molecule has 0 aromatic heterocycles. The van der Waals surface area contributed by atoms with E-state index in [0.717, 1.165) is 31.4 Å². The lowest BCUT2D eigenvalue weighted by molar-refractivity contribution is -0.151. The lowest BCUT2D eigenvalue weighted by atomic mass is 10.00. The highest BCUT2D eigenvalue weighted by Crippen LogP contribution is 2.22. The Morgan fingerprint density at radius 2 is 2.25 bits per heavy atom. The van der Waals surface area contributed by atoms with Gasteiger partial charge in [-0.05, 0) is 37.9 Å². The largest absolute Gasteiger partial charge is 0.465 e.